The summed E-state index contributed by atoms with van der Waals surface area (Å²) in [5.74, 6) is 0. The van der Waals surface area contributed by atoms with Crippen molar-refractivity contribution in [2.24, 2.45) is 0 Å². The summed E-state index contributed by atoms with van der Waals surface area (Å²) in [6, 6.07) is 8.19. The van der Waals surface area contributed by atoms with Crippen LogP contribution in [0, 0.1) is 0 Å². The molecule has 0 radical (unpaired) electrons. The molecule has 0 aliphatic heterocycles. The van der Waals surface area contributed by atoms with Gasteiger partial charge in [-0.2, -0.15) is 0 Å². The molecule has 0 bridgehead atoms. The summed E-state index contributed by atoms with van der Waals surface area (Å²) in [5, 5.41) is 0. The third-order valence-electron chi connectivity index (χ3n) is 2.19. The van der Waals surface area contributed by atoms with E-state index in [4.69, 9.17) is 0 Å². The van der Waals surface area contributed by atoms with Gasteiger partial charge in [-0.25, -0.2) is 0 Å². The molecule has 2 heteroatoms. The second-order valence-corrected chi connectivity index (χ2v) is 3.11. The van der Waals surface area contributed by atoms with Crippen LogP contribution >= 0.6 is 0 Å². The third-order valence-corrected chi connectivity index (χ3v) is 2.19. The Balaban J connectivity index is 3.00. The van der Waals surface area contributed by atoms with Crippen molar-refractivity contribution in [2.75, 3.05) is 23.9 Å². The molecule has 1 aromatic rings. The number of nitrogens with zero attached hydrogens (tertiary/aromatic N) is 2. The summed E-state index contributed by atoms with van der Waals surface area (Å²) in [4.78, 5) is 3.95. The van der Waals surface area contributed by atoms with Crippen molar-refractivity contribution in [3.8, 4) is 0 Å². The summed E-state index contributed by atoms with van der Waals surface area (Å²) in [6.07, 6.45) is 3.57. The molecule has 1 aromatic carbocycles. The van der Waals surface area contributed by atoms with E-state index in [9.17, 15) is 0 Å². The van der Waals surface area contributed by atoms with Crippen LogP contribution in [0.25, 0.3) is 0 Å². The van der Waals surface area contributed by atoms with E-state index in [0.29, 0.717) is 0 Å². The summed E-state index contributed by atoms with van der Waals surface area (Å²) >= 11 is 0. The lowest BCUT2D eigenvalue weighted by atomic mass is 10.2. The first-order chi connectivity index (χ1) is 6.69. The van der Waals surface area contributed by atoms with Crippen LogP contribution < -0.4 is 9.80 Å². The molecule has 0 saturated heterocycles. The topological polar surface area (TPSA) is 6.48 Å². The summed E-state index contributed by atoms with van der Waals surface area (Å²) < 4.78 is 0. The van der Waals surface area contributed by atoms with Crippen LogP contribution in [0.4, 0.5) is 11.4 Å². The molecule has 74 valence electrons. The van der Waals surface area contributed by atoms with Gasteiger partial charge in [0.05, 0.1) is 0 Å². The van der Waals surface area contributed by atoms with Gasteiger partial charge in [0.2, 0.25) is 0 Å². The summed E-state index contributed by atoms with van der Waals surface area (Å²) in [7, 11) is 3.94. The first-order valence-corrected chi connectivity index (χ1v) is 4.50. The number of anilines is 2. The van der Waals surface area contributed by atoms with E-state index in [-0.39, 0.29) is 0 Å². The normalized spacial score (nSPS) is 9.29. The van der Waals surface area contributed by atoms with Crippen molar-refractivity contribution in [3.05, 3.63) is 49.8 Å². The maximum Gasteiger partial charge on any atom is 0.0424 e. The van der Waals surface area contributed by atoms with Crippen LogP contribution in [-0.4, -0.2) is 14.1 Å². The Bertz CT molecular complexity index is 302. The van der Waals surface area contributed by atoms with Crippen LogP contribution in [0.3, 0.4) is 0 Å². The predicted octanol–water partition coefficient (Wildman–Crippen LogP) is 2.85. The number of benzene rings is 1. The predicted molar refractivity (Wildman–Crippen MR) is 63.6 cm³/mol. The lowest BCUT2D eigenvalue weighted by molar-refractivity contribution is 1.18. The van der Waals surface area contributed by atoms with Gasteiger partial charge in [0.25, 0.3) is 0 Å². The van der Waals surface area contributed by atoms with Gasteiger partial charge in [-0.3, -0.25) is 0 Å². The lowest BCUT2D eigenvalue weighted by Gasteiger charge is -2.18. The van der Waals surface area contributed by atoms with Crippen LogP contribution in [0.2, 0.25) is 0 Å². The van der Waals surface area contributed by atoms with Crippen molar-refractivity contribution >= 4 is 11.4 Å². The zero-order chi connectivity index (χ0) is 10.6. The van der Waals surface area contributed by atoms with Crippen LogP contribution in [0.15, 0.2) is 49.8 Å². The highest BCUT2D eigenvalue weighted by atomic mass is 15.1. The molecule has 0 saturated carbocycles. The molecule has 0 spiro atoms. The highest BCUT2D eigenvalue weighted by Crippen LogP contribution is 2.20. The number of rotatable bonds is 4. The molecular formula is C12H16N2. The average molecular weight is 188 g/mol. The van der Waals surface area contributed by atoms with E-state index < -0.39 is 0 Å². The molecule has 0 aliphatic rings. The monoisotopic (exact) mass is 188 g/mol. The zero-order valence-electron chi connectivity index (χ0n) is 8.77. The van der Waals surface area contributed by atoms with E-state index in [1.807, 2.05) is 42.1 Å². The van der Waals surface area contributed by atoms with Crippen LogP contribution in [-0.2, 0) is 0 Å². The molecule has 0 aromatic heterocycles. The van der Waals surface area contributed by atoms with Crippen molar-refractivity contribution in [2.45, 2.75) is 0 Å². The zero-order valence-corrected chi connectivity index (χ0v) is 8.77. The fraction of sp³-hybridized carbons (Fsp3) is 0.167. The molecule has 14 heavy (non-hydrogen) atoms. The molecule has 1 rings (SSSR count). The van der Waals surface area contributed by atoms with Gasteiger partial charge in [0.15, 0.2) is 0 Å². The second-order valence-electron chi connectivity index (χ2n) is 3.11. The fourth-order valence-corrected chi connectivity index (χ4v) is 1.14. The quantitative estimate of drug-likeness (QED) is 0.717. The molecule has 0 heterocycles. The first kappa shape index (κ1) is 10.4. The Labute approximate surface area is 85.8 Å². The van der Waals surface area contributed by atoms with Gasteiger partial charge in [-0.05, 0) is 30.6 Å². The number of hydrogen-bond donors (Lipinski definition) is 0. The molecule has 0 N–H and O–H groups in total. The fourth-order valence-electron chi connectivity index (χ4n) is 1.14. The Morgan fingerprint density at radius 2 is 1.43 bits per heavy atom. The Morgan fingerprint density at radius 1 is 1.00 bits per heavy atom. The molecule has 0 aliphatic carbocycles. The minimum atomic E-state index is 1.12. The van der Waals surface area contributed by atoms with Crippen LogP contribution in [0.1, 0.15) is 0 Å². The van der Waals surface area contributed by atoms with E-state index >= 15 is 0 Å². The maximum absolute atomic E-state index is 3.72. The second kappa shape index (κ2) is 4.51. The van der Waals surface area contributed by atoms with Crippen molar-refractivity contribution in [3.63, 3.8) is 0 Å². The molecule has 0 amide bonds. The van der Waals surface area contributed by atoms with E-state index in [0.717, 1.165) is 11.4 Å². The smallest absolute Gasteiger partial charge is 0.0424 e. The summed E-state index contributed by atoms with van der Waals surface area (Å²) in [6.45, 7) is 7.45. The Kier molecular flexibility index (Phi) is 3.35. The van der Waals surface area contributed by atoms with Crippen molar-refractivity contribution < 1.29 is 0 Å². The van der Waals surface area contributed by atoms with Gasteiger partial charge >= 0.3 is 0 Å². The standard InChI is InChI=1S/C12H16N2/c1-5-13(3)11-8-7-9-12(10-11)14(4)6-2/h5-10H,1-2H2,3-4H3. The van der Waals surface area contributed by atoms with Gasteiger partial charge in [0.1, 0.15) is 0 Å². The van der Waals surface area contributed by atoms with E-state index in [2.05, 4.69) is 19.2 Å². The van der Waals surface area contributed by atoms with Gasteiger partial charge in [-0.15, -0.1) is 0 Å². The third kappa shape index (κ3) is 2.16. The minimum absolute atomic E-state index is 1.12. The SMILES string of the molecule is C=CN(C)c1cccc(N(C)C=C)c1. The Hall–Kier alpha value is -1.70. The molecule has 2 nitrogen and oxygen atoms in total. The van der Waals surface area contributed by atoms with Crippen molar-refractivity contribution in [1.82, 2.24) is 0 Å². The molecule has 0 unspecified atom stereocenters. The summed E-state index contributed by atoms with van der Waals surface area (Å²) in [5.41, 5.74) is 2.23. The largest absolute Gasteiger partial charge is 0.352 e. The van der Waals surface area contributed by atoms with Crippen molar-refractivity contribution in [1.29, 1.82) is 0 Å². The molecule has 0 fully saturated rings. The van der Waals surface area contributed by atoms with Gasteiger partial charge in [-0.1, -0.05) is 19.2 Å². The maximum atomic E-state index is 3.72. The highest BCUT2D eigenvalue weighted by molar-refractivity contribution is 5.60. The number of hydrogen-bond acceptors (Lipinski definition) is 2. The van der Waals surface area contributed by atoms with Gasteiger partial charge < -0.3 is 9.80 Å². The minimum Gasteiger partial charge on any atom is -0.352 e. The van der Waals surface area contributed by atoms with Crippen LogP contribution in [0.5, 0.6) is 0 Å². The van der Waals surface area contributed by atoms with Gasteiger partial charge in [0, 0.05) is 25.5 Å². The van der Waals surface area contributed by atoms with E-state index in [1.54, 1.807) is 12.4 Å². The first-order valence-electron chi connectivity index (χ1n) is 4.50. The molecular weight excluding hydrogens is 172 g/mol. The van der Waals surface area contributed by atoms with E-state index in [1.165, 1.54) is 0 Å². The average Bonchev–Trinajstić information content (AvgIpc) is 2.27. The Morgan fingerprint density at radius 3 is 1.79 bits per heavy atom. The highest BCUT2D eigenvalue weighted by Gasteiger charge is 2.00. The lowest BCUT2D eigenvalue weighted by Crippen LogP contribution is -2.10. The molecule has 0 atom stereocenters.